The Labute approximate surface area is 64.4 Å². The SMILES string of the molecule is CC(=O)OB(CO)OC(C)=O. The second-order valence-electron chi connectivity index (χ2n) is 1.83. The minimum absolute atomic E-state index is 0.529. The number of hydrogen-bond acceptors (Lipinski definition) is 5. The Hall–Kier alpha value is -1.04. The highest BCUT2D eigenvalue weighted by molar-refractivity contribution is 6.48. The lowest BCUT2D eigenvalue weighted by Gasteiger charge is -2.08. The summed E-state index contributed by atoms with van der Waals surface area (Å²) in [6, 6.07) is 0. The van der Waals surface area contributed by atoms with Gasteiger partial charge in [-0.05, 0) is 0 Å². The largest absolute Gasteiger partial charge is 0.625 e. The maximum Gasteiger partial charge on any atom is 0.625 e. The summed E-state index contributed by atoms with van der Waals surface area (Å²) in [4.78, 5) is 20.5. The first-order chi connectivity index (χ1) is 5.06. The first kappa shape index (κ1) is 9.96. The van der Waals surface area contributed by atoms with Crippen LogP contribution in [-0.4, -0.2) is 30.7 Å². The maximum absolute atomic E-state index is 10.3. The molecular weight excluding hydrogens is 151 g/mol. The molecule has 0 spiro atoms. The average Bonchev–Trinajstić information content (AvgIpc) is 1.84. The van der Waals surface area contributed by atoms with Gasteiger partial charge in [0.2, 0.25) is 0 Å². The van der Waals surface area contributed by atoms with Crippen LogP contribution in [0.1, 0.15) is 13.8 Å². The third-order valence-electron chi connectivity index (χ3n) is 0.744. The Morgan fingerprint density at radius 1 is 1.27 bits per heavy atom. The van der Waals surface area contributed by atoms with Crippen LogP contribution in [0, 0.1) is 0 Å². The lowest BCUT2D eigenvalue weighted by Crippen LogP contribution is -2.31. The van der Waals surface area contributed by atoms with Crippen molar-refractivity contribution >= 4 is 19.1 Å². The van der Waals surface area contributed by atoms with Gasteiger partial charge < -0.3 is 14.4 Å². The molecule has 11 heavy (non-hydrogen) atoms. The first-order valence-corrected chi connectivity index (χ1v) is 3.01. The topological polar surface area (TPSA) is 72.8 Å². The van der Waals surface area contributed by atoms with Gasteiger partial charge in [0.1, 0.15) is 6.51 Å². The number of hydrogen-bond donors (Lipinski definition) is 1. The monoisotopic (exact) mass is 160 g/mol. The zero-order valence-electron chi connectivity index (χ0n) is 6.36. The van der Waals surface area contributed by atoms with Gasteiger partial charge in [0.05, 0.1) is 0 Å². The molecule has 0 aliphatic heterocycles. The summed E-state index contributed by atoms with van der Waals surface area (Å²) in [5.74, 6) is -1.21. The summed E-state index contributed by atoms with van der Waals surface area (Å²) in [6.45, 7) is 1.79. The quantitative estimate of drug-likeness (QED) is 0.543. The molecule has 0 unspecified atom stereocenters. The minimum Gasteiger partial charge on any atom is -0.498 e. The van der Waals surface area contributed by atoms with Crippen molar-refractivity contribution in [1.82, 2.24) is 0 Å². The molecule has 0 aromatic heterocycles. The summed E-state index contributed by atoms with van der Waals surface area (Å²) < 4.78 is 8.76. The van der Waals surface area contributed by atoms with Gasteiger partial charge in [0.15, 0.2) is 0 Å². The van der Waals surface area contributed by atoms with Gasteiger partial charge in [-0.1, -0.05) is 0 Å². The van der Waals surface area contributed by atoms with Crippen LogP contribution in [0.3, 0.4) is 0 Å². The maximum atomic E-state index is 10.3. The molecule has 0 radical (unpaired) electrons. The van der Waals surface area contributed by atoms with E-state index in [1.54, 1.807) is 0 Å². The fourth-order valence-electron chi connectivity index (χ4n) is 0.469. The number of aliphatic hydroxyl groups is 1. The lowest BCUT2D eigenvalue weighted by atomic mass is 9.92. The molecule has 0 aromatic carbocycles. The number of carbonyl (C=O) groups is 2. The van der Waals surface area contributed by atoms with Crippen LogP contribution < -0.4 is 0 Å². The Morgan fingerprint density at radius 2 is 1.64 bits per heavy atom. The van der Waals surface area contributed by atoms with Crippen molar-refractivity contribution in [3.63, 3.8) is 0 Å². The van der Waals surface area contributed by atoms with Crippen LogP contribution >= 0.6 is 0 Å². The molecule has 0 fully saturated rings. The van der Waals surface area contributed by atoms with Gasteiger partial charge in [-0.15, -0.1) is 0 Å². The molecule has 0 saturated carbocycles. The Morgan fingerprint density at radius 3 is 1.82 bits per heavy atom. The summed E-state index contributed by atoms with van der Waals surface area (Å²) in [5, 5.41) is 8.47. The minimum atomic E-state index is -1.18. The number of rotatable bonds is 3. The van der Waals surface area contributed by atoms with Crippen molar-refractivity contribution in [2.45, 2.75) is 13.8 Å². The second kappa shape index (κ2) is 4.73. The summed E-state index contributed by atoms with van der Waals surface area (Å²) in [6.07, 6.45) is 0. The van der Waals surface area contributed by atoms with Crippen molar-refractivity contribution in [1.29, 1.82) is 0 Å². The molecule has 6 heteroatoms. The van der Waals surface area contributed by atoms with E-state index < -0.39 is 25.6 Å². The zero-order chi connectivity index (χ0) is 8.85. The second-order valence-corrected chi connectivity index (χ2v) is 1.83. The molecule has 0 saturated heterocycles. The molecule has 0 atom stereocenters. The third-order valence-corrected chi connectivity index (χ3v) is 0.744. The van der Waals surface area contributed by atoms with Crippen LogP contribution in [0.2, 0.25) is 0 Å². The summed E-state index contributed by atoms with van der Waals surface area (Å²) in [7, 11) is -1.18. The van der Waals surface area contributed by atoms with E-state index >= 15 is 0 Å². The normalized spacial score (nSPS) is 8.64. The van der Waals surface area contributed by atoms with E-state index in [9.17, 15) is 9.59 Å². The van der Waals surface area contributed by atoms with Crippen molar-refractivity contribution in [2.75, 3.05) is 6.51 Å². The van der Waals surface area contributed by atoms with Crippen LogP contribution in [-0.2, 0) is 18.9 Å². The Balaban J connectivity index is 3.76. The highest BCUT2D eigenvalue weighted by atomic mass is 16.6. The van der Waals surface area contributed by atoms with Gasteiger partial charge in [0, 0.05) is 13.8 Å². The summed E-state index contributed by atoms with van der Waals surface area (Å²) in [5.41, 5.74) is 0. The van der Waals surface area contributed by atoms with Crippen molar-refractivity contribution in [2.24, 2.45) is 0 Å². The lowest BCUT2D eigenvalue weighted by molar-refractivity contribution is -0.138. The third kappa shape index (κ3) is 5.41. The molecule has 1 N–H and O–H groups in total. The van der Waals surface area contributed by atoms with E-state index in [0.717, 1.165) is 13.8 Å². The Kier molecular flexibility index (Phi) is 4.29. The van der Waals surface area contributed by atoms with Crippen LogP contribution in [0.4, 0.5) is 0 Å². The van der Waals surface area contributed by atoms with Gasteiger partial charge >= 0.3 is 7.12 Å². The number of aliphatic hydroxyl groups excluding tert-OH is 1. The first-order valence-electron chi connectivity index (χ1n) is 3.01. The molecule has 0 amide bonds. The van der Waals surface area contributed by atoms with Gasteiger partial charge in [0.25, 0.3) is 11.9 Å². The number of carbonyl (C=O) groups excluding carboxylic acids is 2. The van der Waals surface area contributed by atoms with E-state index in [1.807, 2.05) is 0 Å². The van der Waals surface area contributed by atoms with E-state index in [4.69, 9.17) is 5.11 Å². The van der Waals surface area contributed by atoms with Crippen molar-refractivity contribution in [3.8, 4) is 0 Å². The van der Waals surface area contributed by atoms with Gasteiger partial charge in [-0.2, -0.15) is 0 Å². The van der Waals surface area contributed by atoms with Crippen LogP contribution in [0.15, 0.2) is 0 Å². The Bertz CT molecular complexity index is 141. The van der Waals surface area contributed by atoms with Gasteiger partial charge in [-0.3, -0.25) is 9.59 Å². The van der Waals surface area contributed by atoms with E-state index in [2.05, 4.69) is 9.31 Å². The molecule has 62 valence electrons. The molecule has 0 heterocycles. The predicted octanol–water partition coefficient (Wildman–Crippen LogP) is -0.868. The molecule has 0 aliphatic carbocycles. The molecule has 0 bridgehead atoms. The molecule has 0 aromatic rings. The van der Waals surface area contributed by atoms with Crippen LogP contribution in [0.5, 0.6) is 0 Å². The smallest absolute Gasteiger partial charge is 0.498 e. The summed E-state index contributed by atoms with van der Waals surface area (Å²) >= 11 is 0. The fraction of sp³-hybridized carbons (Fsp3) is 0.600. The van der Waals surface area contributed by atoms with Crippen LogP contribution in [0.25, 0.3) is 0 Å². The molecule has 5 nitrogen and oxygen atoms in total. The fourth-order valence-corrected chi connectivity index (χ4v) is 0.469. The zero-order valence-corrected chi connectivity index (χ0v) is 6.36. The van der Waals surface area contributed by atoms with Crippen molar-refractivity contribution in [3.05, 3.63) is 0 Å². The van der Waals surface area contributed by atoms with E-state index in [0.29, 0.717) is 0 Å². The molecular formula is C5H9BO5. The molecule has 0 aliphatic rings. The highest BCUT2D eigenvalue weighted by Crippen LogP contribution is 1.89. The van der Waals surface area contributed by atoms with Crippen molar-refractivity contribution < 1.29 is 24.0 Å². The average molecular weight is 160 g/mol. The standard InChI is InChI=1S/C5H9BO5/c1-4(8)10-6(3-7)11-5(2)9/h7H,3H2,1-2H3. The predicted molar refractivity (Wildman–Crippen MR) is 36.4 cm³/mol. The highest BCUT2D eigenvalue weighted by Gasteiger charge is 2.23. The van der Waals surface area contributed by atoms with E-state index in [1.165, 1.54) is 0 Å². The molecule has 0 rings (SSSR count). The van der Waals surface area contributed by atoms with Gasteiger partial charge in [-0.25, -0.2) is 0 Å². The van der Waals surface area contributed by atoms with E-state index in [-0.39, 0.29) is 0 Å².